The van der Waals surface area contributed by atoms with Crippen LogP contribution in [0.4, 0.5) is 25.3 Å². The highest BCUT2D eigenvalue weighted by Crippen LogP contribution is 2.27. The van der Waals surface area contributed by atoms with Gasteiger partial charge in [-0.25, -0.2) is 28.5 Å². The number of carbonyl (C=O) groups excluding carboxylic acids is 1. The van der Waals surface area contributed by atoms with Crippen LogP contribution in [-0.2, 0) is 4.74 Å². The second-order valence-electron chi connectivity index (χ2n) is 7.82. The van der Waals surface area contributed by atoms with E-state index in [2.05, 4.69) is 25.3 Å². The molecule has 0 spiro atoms. The molecule has 172 valence electrons. The Morgan fingerprint density at radius 1 is 1.15 bits per heavy atom. The molecule has 0 saturated carbocycles. The summed E-state index contributed by atoms with van der Waals surface area (Å²) in [6, 6.07) is 4.17. The normalized spacial score (nSPS) is 16.6. The summed E-state index contributed by atoms with van der Waals surface area (Å²) >= 11 is 0. The van der Waals surface area contributed by atoms with Gasteiger partial charge in [0.1, 0.15) is 18.2 Å². The maximum absolute atomic E-state index is 13.8. The molecule has 4 rings (SSSR count). The zero-order valence-corrected chi connectivity index (χ0v) is 18.2. The van der Waals surface area contributed by atoms with E-state index < -0.39 is 17.7 Å². The van der Waals surface area contributed by atoms with Crippen molar-refractivity contribution < 1.29 is 23.0 Å². The predicted molar refractivity (Wildman–Crippen MR) is 115 cm³/mol. The van der Waals surface area contributed by atoms with Crippen LogP contribution in [0.3, 0.4) is 0 Å². The van der Waals surface area contributed by atoms with E-state index in [0.717, 1.165) is 12.1 Å². The topological polar surface area (TPSA) is 102 Å². The van der Waals surface area contributed by atoms with Gasteiger partial charge in [-0.15, -0.1) is 0 Å². The van der Waals surface area contributed by atoms with E-state index in [0.29, 0.717) is 24.2 Å². The highest BCUT2D eigenvalue weighted by molar-refractivity contribution is 5.89. The predicted octanol–water partition coefficient (Wildman–Crippen LogP) is 4.49. The van der Waals surface area contributed by atoms with Crippen molar-refractivity contribution in [2.45, 2.75) is 32.9 Å². The molecular weight excluding hydrogens is 434 g/mol. The molecule has 1 unspecified atom stereocenters. The zero-order chi connectivity index (χ0) is 23.5. The van der Waals surface area contributed by atoms with Crippen molar-refractivity contribution in [3.63, 3.8) is 0 Å². The fraction of sp³-hybridized carbons (Fsp3) is 0.318. The van der Waals surface area contributed by atoms with Crippen LogP contribution in [-0.4, -0.2) is 38.7 Å². The van der Waals surface area contributed by atoms with Gasteiger partial charge >= 0.3 is 6.09 Å². The molecular formula is C22H22F2N6O3. The number of nitrogens with zero attached hydrogens (tertiary/aromatic N) is 5. The molecule has 1 aromatic carbocycles. The van der Waals surface area contributed by atoms with Crippen molar-refractivity contribution in [2.24, 2.45) is 5.92 Å². The summed E-state index contributed by atoms with van der Waals surface area (Å²) in [6.07, 6.45) is 3.88. The fourth-order valence-corrected chi connectivity index (χ4v) is 3.29. The van der Waals surface area contributed by atoms with Gasteiger partial charge in [0.05, 0.1) is 24.5 Å². The fourth-order valence-electron chi connectivity index (χ4n) is 3.29. The van der Waals surface area contributed by atoms with Crippen LogP contribution < -0.4 is 15.0 Å². The molecule has 0 aliphatic carbocycles. The Hall–Kier alpha value is -3.89. The lowest BCUT2D eigenvalue weighted by atomic mass is 10.0. The molecule has 2 atom stereocenters. The first-order chi connectivity index (χ1) is 15.8. The molecule has 1 aliphatic heterocycles. The number of halogens is 2. The highest BCUT2D eigenvalue weighted by atomic mass is 19.1. The van der Waals surface area contributed by atoms with Gasteiger partial charge in [-0.1, -0.05) is 13.8 Å². The molecule has 2 aromatic heterocycles. The van der Waals surface area contributed by atoms with Gasteiger partial charge < -0.3 is 14.8 Å². The molecule has 1 N–H and O–H groups in total. The van der Waals surface area contributed by atoms with E-state index in [9.17, 15) is 13.6 Å². The van der Waals surface area contributed by atoms with E-state index in [1.807, 2.05) is 20.8 Å². The number of benzene rings is 1. The van der Waals surface area contributed by atoms with Gasteiger partial charge in [-0.2, -0.15) is 4.98 Å². The minimum Gasteiger partial charge on any atom is -0.451 e. The molecule has 3 aromatic rings. The number of carbonyl (C=O) groups is 1. The number of ether oxygens (including phenoxy) is 2. The second-order valence-corrected chi connectivity index (χ2v) is 7.82. The molecule has 1 aliphatic rings. The quantitative estimate of drug-likeness (QED) is 0.555. The number of rotatable bonds is 7. The number of anilines is 2. The van der Waals surface area contributed by atoms with E-state index >= 15 is 0 Å². The molecule has 1 amide bonds. The second kappa shape index (κ2) is 9.31. The third-order valence-electron chi connectivity index (χ3n) is 5.07. The lowest BCUT2D eigenvalue weighted by Gasteiger charge is -2.23. The Morgan fingerprint density at radius 2 is 1.91 bits per heavy atom. The van der Waals surface area contributed by atoms with Crippen molar-refractivity contribution in [3.8, 4) is 11.5 Å². The number of hydrogen-bond donors (Lipinski definition) is 1. The minimum atomic E-state index is -0.826. The highest BCUT2D eigenvalue weighted by Gasteiger charge is 2.37. The zero-order valence-electron chi connectivity index (χ0n) is 18.2. The van der Waals surface area contributed by atoms with Crippen molar-refractivity contribution in [1.82, 2.24) is 19.9 Å². The Balaban J connectivity index is 1.44. The number of amides is 1. The molecule has 11 heteroatoms. The van der Waals surface area contributed by atoms with Gasteiger partial charge in [-0.3, -0.25) is 4.90 Å². The van der Waals surface area contributed by atoms with Crippen molar-refractivity contribution >= 4 is 17.9 Å². The SMILES string of the molecule is CC(C)C1COC(=O)N1c1ccnc(N[C@@H](C)c2ncc(Oc3ccc(F)cc3F)cn2)n1. The van der Waals surface area contributed by atoms with E-state index in [1.54, 1.807) is 12.3 Å². The standard InChI is InChI=1S/C22H22F2N6O3/c1-12(2)17-11-32-22(31)30(17)19-6-7-25-21(29-19)28-13(3)20-26-9-15(10-27-20)33-18-5-4-14(23)8-16(18)24/h4-10,12-13,17H,11H2,1-3H3,(H,25,28,29)/t13-,17?/m0/s1. The van der Waals surface area contributed by atoms with Crippen molar-refractivity contribution in [2.75, 3.05) is 16.8 Å². The first-order valence-corrected chi connectivity index (χ1v) is 10.3. The Kier molecular flexibility index (Phi) is 6.29. The maximum atomic E-state index is 13.8. The summed E-state index contributed by atoms with van der Waals surface area (Å²) in [4.78, 5) is 30.8. The van der Waals surface area contributed by atoms with Crippen molar-refractivity contribution in [1.29, 1.82) is 0 Å². The summed E-state index contributed by atoms with van der Waals surface area (Å²) in [6.45, 7) is 6.14. The molecule has 0 radical (unpaired) electrons. The lowest BCUT2D eigenvalue weighted by molar-refractivity contribution is 0.177. The van der Waals surface area contributed by atoms with Gasteiger partial charge in [0.25, 0.3) is 0 Å². The van der Waals surface area contributed by atoms with Gasteiger partial charge in [0.15, 0.2) is 23.1 Å². The van der Waals surface area contributed by atoms with Crippen LogP contribution >= 0.6 is 0 Å². The van der Waals surface area contributed by atoms with Crippen LogP contribution in [0.1, 0.15) is 32.6 Å². The Labute approximate surface area is 188 Å². The third-order valence-corrected chi connectivity index (χ3v) is 5.07. The monoisotopic (exact) mass is 456 g/mol. The third kappa shape index (κ3) is 4.97. The average molecular weight is 456 g/mol. The lowest BCUT2D eigenvalue weighted by Crippen LogP contribution is -2.37. The van der Waals surface area contributed by atoms with Crippen LogP contribution in [0.2, 0.25) is 0 Å². The van der Waals surface area contributed by atoms with Crippen LogP contribution in [0.25, 0.3) is 0 Å². The smallest absolute Gasteiger partial charge is 0.415 e. The average Bonchev–Trinajstić information content (AvgIpc) is 3.18. The summed E-state index contributed by atoms with van der Waals surface area (Å²) in [7, 11) is 0. The number of hydrogen-bond acceptors (Lipinski definition) is 8. The van der Waals surface area contributed by atoms with E-state index in [4.69, 9.17) is 9.47 Å². The summed E-state index contributed by atoms with van der Waals surface area (Å²) in [5, 5.41) is 3.10. The Bertz CT molecular complexity index is 1150. The molecule has 3 heterocycles. The molecule has 1 saturated heterocycles. The summed E-state index contributed by atoms with van der Waals surface area (Å²) in [5.74, 6) is -0.125. The largest absolute Gasteiger partial charge is 0.451 e. The number of cyclic esters (lactones) is 1. The molecule has 33 heavy (non-hydrogen) atoms. The Morgan fingerprint density at radius 3 is 2.61 bits per heavy atom. The van der Waals surface area contributed by atoms with E-state index in [1.165, 1.54) is 23.4 Å². The van der Waals surface area contributed by atoms with Crippen LogP contribution in [0.15, 0.2) is 42.9 Å². The maximum Gasteiger partial charge on any atom is 0.415 e. The first kappa shape index (κ1) is 22.3. The number of nitrogens with one attached hydrogen (secondary N) is 1. The summed E-state index contributed by atoms with van der Waals surface area (Å²) in [5.41, 5.74) is 0. The van der Waals surface area contributed by atoms with Gasteiger partial charge in [-0.05, 0) is 31.0 Å². The van der Waals surface area contributed by atoms with Crippen LogP contribution in [0.5, 0.6) is 11.5 Å². The number of aromatic nitrogens is 4. The van der Waals surface area contributed by atoms with E-state index in [-0.39, 0.29) is 29.5 Å². The van der Waals surface area contributed by atoms with Crippen molar-refractivity contribution in [3.05, 3.63) is 60.3 Å². The minimum absolute atomic E-state index is 0.112. The molecule has 9 nitrogen and oxygen atoms in total. The van der Waals surface area contributed by atoms with Gasteiger partial charge in [0, 0.05) is 12.3 Å². The summed E-state index contributed by atoms with van der Waals surface area (Å²) < 4.78 is 37.3. The first-order valence-electron chi connectivity index (χ1n) is 10.3. The van der Waals surface area contributed by atoms with Gasteiger partial charge in [0.2, 0.25) is 5.95 Å². The molecule has 1 fully saturated rings. The molecule has 0 bridgehead atoms. The van der Waals surface area contributed by atoms with Crippen LogP contribution in [0, 0.1) is 17.6 Å².